The number of anilines is 1. The predicted molar refractivity (Wildman–Crippen MR) is 118 cm³/mol. The van der Waals surface area contributed by atoms with Crippen LogP contribution >= 0.6 is 0 Å². The lowest BCUT2D eigenvalue weighted by molar-refractivity contribution is 0.102. The van der Waals surface area contributed by atoms with E-state index in [1.54, 1.807) is 35.1 Å². The SMILES string of the molecule is Cc1ccn(-c2ccc(Oc3ccc(NC(=O)c4ccccc4S(=O)(=O)C(F)F)cc3)nn2)n1. The molecule has 34 heavy (non-hydrogen) atoms. The van der Waals surface area contributed by atoms with Crippen molar-refractivity contribution in [2.75, 3.05) is 5.32 Å². The van der Waals surface area contributed by atoms with Crippen LogP contribution in [0.3, 0.4) is 0 Å². The highest BCUT2D eigenvalue weighted by molar-refractivity contribution is 7.91. The monoisotopic (exact) mass is 485 g/mol. The topological polar surface area (TPSA) is 116 Å². The van der Waals surface area contributed by atoms with Crippen molar-refractivity contribution in [1.82, 2.24) is 20.0 Å². The molecule has 0 radical (unpaired) electrons. The van der Waals surface area contributed by atoms with Crippen LogP contribution in [0.15, 0.2) is 77.8 Å². The van der Waals surface area contributed by atoms with Crippen molar-refractivity contribution in [2.24, 2.45) is 0 Å². The van der Waals surface area contributed by atoms with Gasteiger partial charge >= 0.3 is 5.76 Å². The van der Waals surface area contributed by atoms with E-state index in [1.807, 2.05) is 13.0 Å². The largest absolute Gasteiger partial charge is 0.438 e. The lowest BCUT2D eigenvalue weighted by Gasteiger charge is -2.11. The van der Waals surface area contributed by atoms with Crippen LogP contribution in [-0.4, -0.2) is 40.1 Å². The first-order valence-corrected chi connectivity index (χ1v) is 11.4. The lowest BCUT2D eigenvalue weighted by atomic mass is 10.2. The molecule has 4 rings (SSSR count). The molecule has 0 aliphatic carbocycles. The minimum atomic E-state index is -4.94. The maximum Gasteiger partial charge on any atom is 0.341 e. The summed E-state index contributed by atoms with van der Waals surface area (Å²) in [6, 6.07) is 16.0. The molecule has 2 heterocycles. The highest BCUT2D eigenvalue weighted by Gasteiger charge is 2.30. The first kappa shape index (κ1) is 23.0. The quantitative estimate of drug-likeness (QED) is 0.420. The van der Waals surface area contributed by atoms with Gasteiger partial charge in [-0.1, -0.05) is 12.1 Å². The molecule has 174 valence electrons. The predicted octanol–water partition coefficient (Wildman–Crippen LogP) is 4.01. The Kier molecular flexibility index (Phi) is 6.32. The summed E-state index contributed by atoms with van der Waals surface area (Å²) in [4.78, 5) is 11.8. The Morgan fingerprint density at radius 2 is 1.74 bits per heavy atom. The number of hydrogen-bond acceptors (Lipinski definition) is 7. The van der Waals surface area contributed by atoms with Gasteiger partial charge in [0.15, 0.2) is 5.82 Å². The Morgan fingerprint density at radius 1 is 1.00 bits per heavy atom. The number of aromatic nitrogens is 4. The number of aryl methyl sites for hydroxylation is 1. The second-order valence-electron chi connectivity index (χ2n) is 7.01. The summed E-state index contributed by atoms with van der Waals surface area (Å²) in [6.07, 6.45) is 1.76. The average molecular weight is 485 g/mol. The van der Waals surface area contributed by atoms with Gasteiger partial charge in [0.05, 0.1) is 16.2 Å². The maximum atomic E-state index is 13.0. The molecular formula is C22H17F2N5O4S. The van der Waals surface area contributed by atoms with Gasteiger partial charge in [-0.2, -0.15) is 13.9 Å². The Hall–Kier alpha value is -4.19. The number of rotatable bonds is 7. The smallest absolute Gasteiger partial charge is 0.341 e. The molecule has 0 fully saturated rings. The van der Waals surface area contributed by atoms with Crippen molar-refractivity contribution >= 4 is 21.4 Å². The summed E-state index contributed by atoms with van der Waals surface area (Å²) in [6.45, 7) is 1.86. The van der Waals surface area contributed by atoms with Crippen LogP contribution in [-0.2, 0) is 9.84 Å². The van der Waals surface area contributed by atoms with E-state index in [2.05, 4.69) is 20.6 Å². The van der Waals surface area contributed by atoms with Gasteiger partial charge in [0.25, 0.3) is 5.91 Å². The molecule has 0 saturated heterocycles. The fourth-order valence-electron chi connectivity index (χ4n) is 2.96. The first-order valence-electron chi connectivity index (χ1n) is 9.81. The molecule has 1 N–H and O–H groups in total. The molecule has 1 amide bonds. The van der Waals surface area contributed by atoms with E-state index in [1.165, 1.54) is 24.3 Å². The van der Waals surface area contributed by atoms with E-state index < -0.39 is 26.4 Å². The number of hydrogen-bond donors (Lipinski definition) is 1. The Bertz CT molecular complexity index is 1420. The van der Waals surface area contributed by atoms with Crippen LogP contribution in [0.4, 0.5) is 14.5 Å². The first-order chi connectivity index (χ1) is 16.2. The summed E-state index contributed by atoms with van der Waals surface area (Å²) in [5.41, 5.74) is 0.761. The lowest BCUT2D eigenvalue weighted by Crippen LogP contribution is -2.19. The fourth-order valence-corrected chi connectivity index (χ4v) is 3.88. The van der Waals surface area contributed by atoms with Gasteiger partial charge in [-0.05, 0) is 55.5 Å². The van der Waals surface area contributed by atoms with Crippen LogP contribution < -0.4 is 10.1 Å². The van der Waals surface area contributed by atoms with Gasteiger partial charge in [-0.15, -0.1) is 10.2 Å². The maximum absolute atomic E-state index is 13.0. The summed E-state index contributed by atoms with van der Waals surface area (Å²) in [7, 11) is -4.94. The summed E-state index contributed by atoms with van der Waals surface area (Å²) < 4.78 is 56.9. The molecule has 0 spiro atoms. The second-order valence-corrected chi connectivity index (χ2v) is 8.90. The molecular weight excluding hydrogens is 468 g/mol. The summed E-state index contributed by atoms with van der Waals surface area (Å²) >= 11 is 0. The second kappa shape index (κ2) is 9.35. The van der Waals surface area contributed by atoms with Crippen molar-refractivity contribution in [3.8, 4) is 17.4 Å². The number of amides is 1. The number of halogens is 2. The molecule has 0 saturated carbocycles. The fraction of sp³-hybridized carbons (Fsp3) is 0.0909. The Morgan fingerprint density at radius 3 is 2.35 bits per heavy atom. The molecule has 0 aliphatic heterocycles. The van der Waals surface area contributed by atoms with Crippen LogP contribution in [0, 0.1) is 6.92 Å². The van der Waals surface area contributed by atoms with Gasteiger partial charge in [-0.25, -0.2) is 13.1 Å². The van der Waals surface area contributed by atoms with E-state index in [0.717, 1.165) is 17.8 Å². The van der Waals surface area contributed by atoms with Crippen molar-refractivity contribution in [3.63, 3.8) is 0 Å². The van der Waals surface area contributed by atoms with E-state index in [4.69, 9.17) is 4.74 Å². The van der Waals surface area contributed by atoms with Crippen LogP contribution in [0.2, 0.25) is 0 Å². The zero-order valence-corrected chi connectivity index (χ0v) is 18.4. The number of nitrogens with zero attached hydrogens (tertiary/aromatic N) is 4. The standard InChI is InChI=1S/C22H17F2N5O4S/c1-14-12-13-29(28-14)19-10-11-20(27-26-19)33-16-8-6-15(7-9-16)25-21(30)17-4-2-3-5-18(17)34(31,32)22(23)24/h2-13,22H,1H3,(H,25,30). The third-order valence-corrected chi connectivity index (χ3v) is 6.03. The number of sulfone groups is 1. The van der Waals surface area contributed by atoms with E-state index in [9.17, 15) is 22.0 Å². The molecule has 2 aromatic heterocycles. The van der Waals surface area contributed by atoms with Gasteiger partial charge in [0.1, 0.15) is 5.75 Å². The highest BCUT2D eigenvalue weighted by atomic mass is 32.2. The molecule has 2 aromatic carbocycles. The van der Waals surface area contributed by atoms with Crippen molar-refractivity contribution in [2.45, 2.75) is 17.6 Å². The number of nitrogens with one attached hydrogen (secondary N) is 1. The normalized spacial score (nSPS) is 11.4. The molecule has 12 heteroatoms. The van der Waals surface area contributed by atoms with E-state index in [0.29, 0.717) is 17.3 Å². The van der Waals surface area contributed by atoms with E-state index in [-0.39, 0.29) is 11.4 Å². The Balaban J connectivity index is 1.44. The van der Waals surface area contributed by atoms with Gasteiger partial charge in [-0.3, -0.25) is 4.79 Å². The van der Waals surface area contributed by atoms with E-state index >= 15 is 0 Å². The zero-order valence-electron chi connectivity index (χ0n) is 17.6. The minimum absolute atomic E-state index is 0.232. The summed E-state index contributed by atoms with van der Waals surface area (Å²) in [5.74, 6) is -3.33. The Labute approximate surface area is 192 Å². The van der Waals surface area contributed by atoms with Gasteiger partial charge < -0.3 is 10.1 Å². The zero-order chi connectivity index (χ0) is 24.3. The van der Waals surface area contributed by atoms with Gasteiger partial charge in [0, 0.05) is 18.0 Å². The number of benzene rings is 2. The van der Waals surface area contributed by atoms with Gasteiger partial charge in [0.2, 0.25) is 15.7 Å². The third-order valence-electron chi connectivity index (χ3n) is 4.59. The number of alkyl halides is 2. The van der Waals surface area contributed by atoms with Crippen LogP contribution in [0.5, 0.6) is 11.6 Å². The third kappa shape index (κ3) is 4.91. The van der Waals surface area contributed by atoms with Crippen molar-refractivity contribution in [1.29, 1.82) is 0 Å². The van der Waals surface area contributed by atoms with Crippen LogP contribution in [0.1, 0.15) is 16.1 Å². The molecule has 4 aromatic rings. The van der Waals surface area contributed by atoms with Crippen LogP contribution in [0.25, 0.3) is 5.82 Å². The van der Waals surface area contributed by atoms with Crippen molar-refractivity contribution < 1.29 is 26.7 Å². The average Bonchev–Trinajstić information content (AvgIpc) is 3.27. The number of ether oxygens (including phenoxy) is 1. The molecule has 0 bridgehead atoms. The molecule has 0 atom stereocenters. The number of carbonyl (C=O) groups is 1. The minimum Gasteiger partial charge on any atom is -0.438 e. The highest BCUT2D eigenvalue weighted by Crippen LogP contribution is 2.25. The summed E-state index contributed by atoms with van der Waals surface area (Å²) in [5, 5.41) is 14.8. The van der Waals surface area contributed by atoms with Crippen molar-refractivity contribution in [3.05, 3.63) is 84.2 Å². The molecule has 9 nitrogen and oxygen atoms in total. The molecule has 0 unspecified atom stereocenters. The molecule has 0 aliphatic rings. The number of carbonyl (C=O) groups excluding carboxylic acids is 1.